The minimum absolute atomic E-state index is 0.441. The van der Waals surface area contributed by atoms with Crippen LogP contribution in [-0.4, -0.2) is 39.9 Å². The van der Waals surface area contributed by atoms with Gasteiger partial charge in [0.15, 0.2) is 0 Å². The van der Waals surface area contributed by atoms with Crippen LogP contribution >= 0.6 is 0 Å². The summed E-state index contributed by atoms with van der Waals surface area (Å²) in [7, 11) is -0.924. The Balaban J connectivity index is 3.36. The second-order valence-electron chi connectivity index (χ2n) is 6.80. The van der Waals surface area contributed by atoms with E-state index in [-0.39, 0.29) is 0 Å². The van der Waals surface area contributed by atoms with E-state index in [0.29, 0.717) is 12.2 Å². The van der Waals surface area contributed by atoms with E-state index in [1.54, 1.807) is 6.26 Å². The molecule has 0 fully saturated rings. The predicted molar refractivity (Wildman–Crippen MR) is 104 cm³/mol. The summed E-state index contributed by atoms with van der Waals surface area (Å²) in [5.74, 6) is -0.387. The first-order chi connectivity index (χ1) is 11.6. The van der Waals surface area contributed by atoms with Gasteiger partial charge < -0.3 is 10.4 Å². The van der Waals surface area contributed by atoms with Gasteiger partial charge in [0.25, 0.3) is 0 Å². The van der Waals surface area contributed by atoms with E-state index < -0.39 is 22.8 Å². The van der Waals surface area contributed by atoms with Gasteiger partial charge in [-0.3, -0.25) is 9.00 Å². The van der Waals surface area contributed by atoms with Crippen LogP contribution in [0.25, 0.3) is 0 Å². The third-order valence-corrected chi connectivity index (χ3v) is 5.22. The number of carboxylic acid groups (broad SMARTS) is 1. The fourth-order valence-corrected chi connectivity index (χ4v) is 3.41. The molecule has 4 nitrogen and oxygen atoms in total. The predicted octanol–water partition coefficient (Wildman–Crippen LogP) is 4.50. The lowest BCUT2D eigenvalue weighted by Crippen LogP contribution is -2.38. The molecule has 0 saturated carbocycles. The lowest BCUT2D eigenvalue weighted by atomic mass is 10.1. The van der Waals surface area contributed by atoms with E-state index in [0.717, 1.165) is 19.4 Å². The molecule has 2 N–H and O–H groups in total. The lowest BCUT2D eigenvalue weighted by Gasteiger charge is -2.13. The molecule has 0 spiro atoms. The minimum atomic E-state index is -0.924. The summed E-state index contributed by atoms with van der Waals surface area (Å²) in [6.07, 6.45) is 17.7. The van der Waals surface area contributed by atoms with E-state index in [1.807, 2.05) is 0 Å². The largest absolute Gasteiger partial charge is 0.480 e. The molecule has 0 amide bonds. The average Bonchev–Trinajstić information content (AvgIpc) is 2.54. The van der Waals surface area contributed by atoms with Gasteiger partial charge >= 0.3 is 5.97 Å². The highest BCUT2D eigenvalue weighted by molar-refractivity contribution is 7.84. The van der Waals surface area contributed by atoms with Crippen molar-refractivity contribution in [2.24, 2.45) is 0 Å². The first-order valence-electron chi connectivity index (χ1n) is 9.84. The average molecular weight is 362 g/mol. The Labute approximate surface area is 151 Å². The SMILES string of the molecule is CCCCCCCCCCCCCCN[C@@H](CCS(C)=O)C(=O)O. The molecule has 0 aliphatic carbocycles. The smallest absolute Gasteiger partial charge is 0.320 e. The summed E-state index contributed by atoms with van der Waals surface area (Å²) in [5.41, 5.74) is 0. The Morgan fingerprint density at radius 3 is 1.79 bits per heavy atom. The van der Waals surface area contributed by atoms with E-state index >= 15 is 0 Å². The van der Waals surface area contributed by atoms with Crippen molar-refractivity contribution in [1.82, 2.24) is 5.32 Å². The summed E-state index contributed by atoms with van der Waals surface area (Å²) in [6.45, 7) is 3.00. The number of hydrogen-bond donors (Lipinski definition) is 2. The quantitative estimate of drug-likeness (QED) is 0.353. The second kappa shape index (κ2) is 17.4. The van der Waals surface area contributed by atoms with Crippen LogP contribution in [0.3, 0.4) is 0 Å². The third kappa shape index (κ3) is 16.4. The van der Waals surface area contributed by atoms with Gasteiger partial charge in [0.05, 0.1) is 0 Å². The van der Waals surface area contributed by atoms with Gasteiger partial charge in [-0.05, 0) is 19.4 Å². The van der Waals surface area contributed by atoms with E-state index in [9.17, 15) is 9.00 Å². The molecule has 0 aromatic carbocycles. The zero-order valence-corrected chi connectivity index (χ0v) is 16.7. The zero-order chi connectivity index (χ0) is 18.0. The molecule has 0 aromatic heterocycles. The summed E-state index contributed by atoms with van der Waals surface area (Å²) in [5, 5.41) is 12.2. The van der Waals surface area contributed by atoms with Crippen LogP contribution < -0.4 is 5.32 Å². The van der Waals surface area contributed by atoms with Crippen molar-refractivity contribution in [3.63, 3.8) is 0 Å². The van der Waals surface area contributed by atoms with E-state index in [1.165, 1.54) is 64.2 Å². The van der Waals surface area contributed by atoms with Crippen LogP contribution in [0.15, 0.2) is 0 Å². The first kappa shape index (κ1) is 23.6. The van der Waals surface area contributed by atoms with Crippen molar-refractivity contribution in [2.45, 2.75) is 96.4 Å². The number of carbonyl (C=O) groups is 1. The van der Waals surface area contributed by atoms with Crippen molar-refractivity contribution in [1.29, 1.82) is 0 Å². The Hall–Kier alpha value is -0.420. The molecule has 0 rings (SSSR count). The van der Waals surface area contributed by atoms with Crippen LogP contribution in [-0.2, 0) is 15.6 Å². The maximum absolute atomic E-state index is 11.1. The van der Waals surface area contributed by atoms with Gasteiger partial charge in [0.1, 0.15) is 6.04 Å². The molecule has 0 aliphatic heterocycles. The molecule has 1 unspecified atom stereocenters. The number of carboxylic acids is 1. The lowest BCUT2D eigenvalue weighted by molar-refractivity contribution is -0.139. The maximum Gasteiger partial charge on any atom is 0.320 e. The molecular weight excluding hydrogens is 322 g/mol. The standard InChI is InChI=1S/C19H39NO3S/c1-3-4-5-6-7-8-9-10-11-12-13-14-16-20-18(19(21)22)15-17-24(2)23/h18,20H,3-17H2,1-2H3,(H,21,22)/t18-,24?/m0/s1. The van der Waals surface area contributed by atoms with Crippen LogP contribution in [0.5, 0.6) is 0 Å². The highest BCUT2D eigenvalue weighted by Crippen LogP contribution is 2.11. The summed E-state index contributed by atoms with van der Waals surface area (Å²) in [6, 6.07) is -0.554. The van der Waals surface area contributed by atoms with Crippen LogP contribution in [0.4, 0.5) is 0 Å². The highest BCUT2D eigenvalue weighted by Gasteiger charge is 2.16. The van der Waals surface area contributed by atoms with Crippen molar-refractivity contribution < 1.29 is 14.1 Å². The van der Waals surface area contributed by atoms with E-state index in [2.05, 4.69) is 12.2 Å². The van der Waals surface area contributed by atoms with Crippen molar-refractivity contribution in [2.75, 3.05) is 18.6 Å². The number of rotatable bonds is 18. The van der Waals surface area contributed by atoms with Gasteiger partial charge in [-0.15, -0.1) is 0 Å². The molecule has 0 aromatic rings. The Morgan fingerprint density at radius 2 is 1.38 bits per heavy atom. The normalized spacial score (nSPS) is 13.8. The molecule has 0 saturated heterocycles. The molecule has 0 bridgehead atoms. The fourth-order valence-electron chi connectivity index (χ4n) is 2.84. The van der Waals surface area contributed by atoms with Crippen LogP contribution in [0.1, 0.15) is 90.4 Å². The number of nitrogens with one attached hydrogen (secondary N) is 1. The molecule has 0 aliphatic rings. The minimum Gasteiger partial charge on any atom is -0.480 e. The van der Waals surface area contributed by atoms with Crippen molar-refractivity contribution >= 4 is 16.8 Å². The summed E-state index contributed by atoms with van der Waals surface area (Å²) >= 11 is 0. The topological polar surface area (TPSA) is 66.4 Å². The Morgan fingerprint density at radius 1 is 0.917 bits per heavy atom. The van der Waals surface area contributed by atoms with Gasteiger partial charge in [-0.1, -0.05) is 77.6 Å². The highest BCUT2D eigenvalue weighted by atomic mass is 32.2. The maximum atomic E-state index is 11.1. The van der Waals surface area contributed by atoms with Crippen LogP contribution in [0.2, 0.25) is 0 Å². The Kier molecular flexibility index (Phi) is 17.1. The van der Waals surface area contributed by atoms with Crippen molar-refractivity contribution in [3.8, 4) is 0 Å². The summed E-state index contributed by atoms with van der Waals surface area (Å²) in [4.78, 5) is 11.1. The van der Waals surface area contributed by atoms with Gasteiger partial charge in [0, 0.05) is 22.8 Å². The van der Waals surface area contributed by atoms with Gasteiger partial charge in [0.2, 0.25) is 0 Å². The number of unbranched alkanes of at least 4 members (excludes halogenated alkanes) is 11. The monoisotopic (exact) mass is 361 g/mol. The number of hydrogen-bond acceptors (Lipinski definition) is 3. The van der Waals surface area contributed by atoms with Crippen molar-refractivity contribution in [3.05, 3.63) is 0 Å². The van der Waals surface area contributed by atoms with Gasteiger partial charge in [-0.25, -0.2) is 0 Å². The molecular formula is C19H39NO3S. The first-order valence-corrected chi connectivity index (χ1v) is 11.6. The summed E-state index contributed by atoms with van der Waals surface area (Å²) < 4.78 is 11.1. The molecule has 0 radical (unpaired) electrons. The molecule has 0 heterocycles. The molecule has 24 heavy (non-hydrogen) atoms. The number of aliphatic carboxylic acids is 1. The van der Waals surface area contributed by atoms with E-state index in [4.69, 9.17) is 5.11 Å². The zero-order valence-electron chi connectivity index (χ0n) is 15.9. The molecule has 144 valence electrons. The van der Waals surface area contributed by atoms with Gasteiger partial charge in [-0.2, -0.15) is 0 Å². The third-order valence-electron chi connectivity index (χ3n) is 4.41. The Bertz CT molecular complexity index is 324. The second-order valence-corrected chi connectivity index (χ2v) is 8.35. The molecule has 2 atom stereocenters. The van der Waals surface area contributed by atoms with Crippen LogP contribution in [0, 0.1) is 0 Å². The fraction of sp³-hybridized carbons (Fsp3) is 0.947. The molecule has 5 heteroatoms.